The maximum atomic E-state index is 15.0. The summed E-state index contributed by atoms with van der Waals surface area (Å²) in [4.78, 5) is 190. The zero-order valence-corrected chi connectivity index (χ0v) is 61.0. The van der Waals surface area contributed by atoms with E-state index in [1.54, 1.807) is 95.6 Å². The third-order valence-corrected chi connectivity index (χ3v) is 17.0. The molecule has 0 bridgehead atoms. The number of alkyl halides is 2. The molecule has 33 nitrogen and oxygen atoms in total. The van der Waals surface area contributed by atoms with Gasteiger partial charge in [0.15, 0.2) is 0 Å². The number of carbonyl (C=O) groups is 11. The van der Waals surface area contributed by atoms with Crippen molar-refractivity contribution in [1.82, 2.24) is 57.5 Å². The van der Waals surface area contributed by atoms with Crippen molar-refractivity contribution >= 4 is 134 Å². The number of H-pyrrole nitrogens is 2. The van der Waals surface area contributed by atoms with Crippen LogP contribution in [-0.4, -0.2) is 187 Å². The van der Waals surface area contributed by atoms with Gasteiger partial charge in [-0.15, -0.1) is 23.2 Å². The van der Waals surface area contributed by atoms with Crippen LogP contribution in [0.1, 0.15) is 97.9 Å². The van der Waals surface area contributed by atoms with Gasteiger partial charge in [-0.1, -0.05) is 58.0 Å². The van der Waals surface area contributed by atoms with Crippen molar-refractivity contribution in [3.05, 3.63) is 123 Å². The number of benzene rings is 3. The van der Waals surface area contributed by atoms with Crippen LogP contribution in [0.2, 0.25) is 0 Å². The SMILES string of the molecule is CSCC[C@H](NC(=O)[C@H](CC(C)C)NC(=O)[C@H](Cc1cnc[nH]1)N(C(=O)CNC(=O)[C@@H](NC(=O)[C@H](C)NC(=O)[C@H](Cc1c[nH]c2ccccc12)NC(=O)[C@H](CCC(N)=O)NC(=O)[C@H](Cc1ccc(N(CCCl)CCCl)cc1)NC(=O)OC(C)(C)C)C(C)C)c1ccc([N+](=O)[O-])cc1[N+](=O)[O-])C(N)=O. The molecule has 0 aliphatic rings. The summed E-state index contributed by atoms with van der Waals surface area (Å²) in [5, 5.41) is 46.1. The number of carbonyl (C=O) groups excluding carboxylic acids is 11. The third kappa shape index (κ3) is 26.0. The Morgan fingerprint density at radius 3 is 1.87 bits per heavy atom. The number of amides is 11. The van der Waals surface area contributed by atoms with Crippen LogP contribution < -0.4 is 63.8 Å². The summed E-state index contributed by atoms with van der Waals surface area (Å²) in [5.41, 5.74) is 10.5. The Morgan fingerprint density at radius 1 is 0.680 bits per heavy atom. The number of nitrogens with zero attached hydrogens (tertiary/aromatic N) is 5. The van der Waals surface area contributed by atoms with Crippen molar-refractivity contribution in [1.29, 1.82) is 0 Å². The molecule has 36 heteroatoms. The predicted molar refractivity (Wildman–Crippen MR) is 387 cm³/mol. The van der Waals surface area contributed by atoms with Gasteiger partial charge < -0.3 is 73.6 Å². The van der Waals surface area contributed by atoms with Crippen LogP contribution in [-0.2, 0) is 71.9 Å². The summed E-state index contributed by atoms with van der Waals surface area (Å²) < 4.78 is 5.49. The zero-order valence-electron chi connectivity index (χ0n) is 58.6. The van der Waals surface area contributed by atoms with Crippen molar-refractivity contribution in [3.8, 4) is 0 Å². The molecule has 103 heavy (non-hydrogen) atoms. The molecule has 8 atom stereocenters. The number of hydrogen-bond acceptors (Lipinski definition) is 19. The molecule has 11 amide bonds. The number of aromatic amines is 2. The number of primary amides is 2. The van der Waals surface area contributed by atoms with Gasteiger partial charge in [-0.05, 0) is 106 Å². The number of nitro benzene ring substituents is 2. The number of para-hydroxylation sites is 1. The Labute approximate surface area is 609 Å². The number of hydrogen-bond donors (Lipinski definition) is 12. The van der Waals surface area contributed by atoms with Crippen LogP contribution in [0, 0.1) is 32.1 Å². The maximum absolute atomic E-state index is 15.0. The van der Waals surface area contributed by atoms with Crippen LogP contribution in [0.5, 0.6) is 0 Å². The number of non-ortho nitro benzene ring substituents is 1. The molecule has 0 radical (unpaired) electrons. The van der Waals surface area contributed by atoms with E-state index < -0.39 is 178 Å². The smallest absolute Gasteiger partial charge is 0.408 e. The molecule has 3 aromatic carbocycles. The van der Waals surface area contributed by atoms with Gasteiger partial charge in [-0.25, -0.2) is 9.78 Å². The number of nitrogens with two attached hydrogens (primary N) is 2. The molecule has 0 aliphatic heterocycles. The fourth-order valence-electron chi connectivity index (χ4n) is 10.8. The number of nitrogens with one attached hydrogen (secondary N) is 10. The predicted octanol–water partition coefficient (Wildman–Crippen LogP) is 3.57. The Morgan fingerprint density at radius 2 is 1.29 bits per heavy atom. The molecule has 0 fully saturated rings. The highest BCUT2D eigenvalue weighted by Gasteiger charge is 2.40. The van der Waals surface area contributed by atoms with Gasteiger partial charge in [-0.2, -0.15) is 11.8 Å². The molecule has 14 N–H and O–H groups in total. The number of thioether (sulfide) groups is 1. The van der Waals surface area contributed by atoms with E-state index in [0.29, 0.717) is 63.6 Å². The second-order valence-corrected chi connectivity index (χ2v) is 27.7. The number of ether oxygens (including phenoxy) is 1. The van der Waals surface area contributed by atoms with Crippen LogP contribution >= 0.6 is 35.0 Å². The van der Waals surface area contributed by atoms with E-state index in [9.17, 15) is 73.0 Å². The van der Waals surface area contributed by atoms with Crippen molar-refractivity contribution < 1.29 is 67.3 Å². The van der Waals surface area contributed by atoms with Gasteiger partial charge >= 0.3 is 6.09 Å². The molecule has 0 unspecified atom stereocenters. The first-order chi connectivity index (χ1) is 48.6. The van der Waals surface area contributed by atoms with Crippen LogP contribution in [0.25, 0.3) is 10.9 Å². The largest absolute Gasteiger partial charge is 0.444 e. The van der Waals surface area contributed by atoms with Crippen molar-refractivity contribution in [3.63, 3.8) is 0 Å². The first-order valence-electron chi connectivity index (χ1n) is 33.0. The van der Waals surface area contributed by atoms with Gasteiger partial charge in [0, 0.05) is 91.3 Å². The molecule has 0 saturated heterocycles. The summed E-state index contributed by atoms with van der Waals surface area (Å²) in [6.45, 7) is 12.6. The first-order valence-corrected chi connectivity index (χ1v) is 35.5. The van der Waals surface area contributed by atoms with Crippen LogP contribution in [0.3, 0.4) is 0 Å². The number of nitro groups is 2. The monoisotopic (exact) mass is 1490 g/mol. The molecule has 2 heterocycles. The molecule has 2 aromatic heterocycles. The average molecular weight is 1490 g/mol. The van der Waals surface area contributed by atoms with E-state index in [-0.39, 0.29) is 37.3 Å². The van der Waals surface area contributed by atoms with Crippen molar-refractivity contribution in [2.24, 2.45) is 23.3 Å². The lowest BCUT2D eigenvalue weighted by Crippen LogP contribution is -2.60. The topological polar surface area (TPSA) is 483 Å². The average Bonchev–Trinajstić information content (AvgIpc) is 1.01. The summed E-state index contributed by atoms with van der Waals surface area (Å²) in [6, 6.07) is 4.38. The number of aromatic nitrogens is 3. The number of alkyl carbamates (subject to hydrolysis) is 1. The van der Waals surface area contributed by atoms with Gasteiger partial charge in [0.2, 0.25) is 59.1 Å². The van der Waals surface area contributed by atoms with Crippen LogP contribution in [0.4, 0.5) is 27.5 Å². The van der Waals surface area contributed by atoms with E-state index >= 15 is 0 Å². The number of imidazole rings is 1. The molecular formula is C67H91Cl2N17O16S. The standard InChI is InChI=1S/C67H91Cl2N17O16S/c1-37(2)28-49(62(93)77-47(58(71)89)22-27-103-9)80-64(95)54(31-42-34-72-36-75-42)84(52-20-18-44(85(98)99)32-53(52)86(100)101)56(88)35-74-65(96)57(38(3)4)82-59(90)39(5)76-61(92)51(30-41-33-73-46-13-11-10-12-45(41)46)79-60(91)48(19-21-55(70)87)78-63(94)50(81-66(97)102-67(6,7)8)29-40-14-16-43(17-15-40)83(25-23-68)26-24-69/h10-18,20,32-34,36-39,47-51,54,57,73H,19,21-31,35H2,1-9H3,(H2,70,87)(H2,71,89)(H,72,75)(H,74,96)(H,76,92)(H,77,93)(H,78,94)(H,79,91)(H,80,95)(H,81,97)(H,82,90)/t39-,47-,48-,49-,50-,51-,54-,57-/m0/s1. The molecule has 560 valence electrons. The summed E-state index contributed by atoms with van der Waals surface area (Å²) in [6.07, 6.45) is 3.33. The Balaban J connectivity index is 1.44. The van der Waals surface area contributed by atoms with Gasteiger partial charge in [0.05, 0.1) is 28.8 Å². The Bertz CT molecular complexity index is 3790. The van der Waals surface area contributed by atoms with Gasteiger partial charge in [0.25, 0.3) is 11.4 Å². The summed E-state index contributed by atoms with van der Waals surface area (Å²) >= 11 is 13.5. The second-order valence-electron chi connectivity index (χ2n) is 26.0. The third-order valence-electron chi connectivity index (χ3n) is 16.0. The fraction of sp³-hybridized carbons (Fsp3) is 0.493. The lowest BCUT2D eigenvalue weighted by Gasteiger charge is -2.32. The second kappa shape index (κ2) is 39.9. The van der Waals surface area contributed by atoms with E-state index in [0.717, 1.165) is 17.8 Å². The van der Waals surface area contributed by atoms with Gasteiger partial charge in [0.1, 0.15) is 59.6 Å². The number of rotatable bonds is 41. The molecule has 0 aliphatic carbocycles. The highest BCUT2D eigenvalue weighted by atomic mass is 35.5. The van der Waals surface area contributed by atoms with Crippen LogP contribution in [0.15, 0.2) is 85.5 Å². The van der Waals surface area contributed by atoms with E-state index in [2.05, 4.69) is 57.5 Å². The molecule has 5 aromatic rings. The quantitative estimate of drug-likeness (QED) is 0.0151. The lowest BCUT2D eigenvalue weighted by molar-refractivity contribution is -0.393. The number of halogens is 2. The first kappa shape index (κ1) is 83.6. The highest BCUT2D eigenvalue weighted by molar-refractivity contribution is 7.98. The van der Waals surface area contributed by atoms with Crippen molar-refractivity contribution in [2.75, 3.05) is 53.2 Å². The maximum Gasteiger partial charge on any atom is 0.408 e. The van der Waals surface area contributed by atoms with Gasteiger partial charge in [-0.3, -0.25) is 73.1 Å². The molecular weight excluding hydrogens is 1400 g/mol. The summed E-state index contributed by atoms with van der Waals surface area (Å²) in [7, 11) is 0. The molecule has 0 spiro atoms. The minimum atomic E-state index is -1.87. The minimum Gasteiger partial charge on any atom is -0.444 e. The normalized spacial score (nSPS) is 13.7. The van der Waals surface area contributed by atoms with E-state index in [4.69, 9.17) is 39.4 Å². The van der Waals surface area contributed by atoms with E-state index in [1.807, 2.05) is 4.90 Å². The minimum absolute atomic E-state index is 0.0395. The Hall–Kier alpha value is -10.1. The zero-order chi connectivity index (χ0) is 76.4. The van der Waals surface area contributed by atoms with Crippen molar-refractivity contribution in [2.45, 2.75) is 154 Å². The number of fused-ring (bicyclic) bond motifs is 1. The fourth-order valence-corrected chi connectivity index (χ4v) is 11.7. The van der Waals surface area contributed by atoms with E-state index in [1.165, 1.54) is 45.1 Å². The summed E-state index contributed by atoms with van der Waals surface area (Å²) in [5.74, 6) is -9.67. The molecule has 0 saturated carbocycles. The highest BCUT2D eigenvalue weighted by Crippen LogP contribution is 2.34. The molecule has 5 rings (SSSR count). The Kier molecular flexibility index (Phi) is 32.4. The lowest BCUT2D eigenvalue weighted by atomic mass is 10.0. The number of anilines is 2.